The van der Waals surface area contributed by atoms with Gasteiger partial charge in [0, 0.05) is 17.8 Å². The summed E-state index contributed by atoms with van der Waals surface area (Å²) in [6.07, 6.45) is 5.05. The quantitative estimate of drug-likeness (QED) is 0.747. The van der Waals surface area contributed by atoms with Gasteiger partial charge in [-0.3, -0.25) is 9.97 Å². The maximum Gasteiger partial charge on any atom is 0.0951 e. The predicted molar refractivity (Wildman–Crippen MR) is 78.7 cm³/mol. The van der Waals surface area contributed by atoms with Crippen LogP contribution in [0, 0.1) is 0 Å². The van der Waals surface area contributed by atoms with Crippen LogP contribution in [0.2, 0.25) is 5.02 Å². The molecule has 94 valence electrons. The van der Waals surface area contributed by atoms with Crippen LogP contribution < -0.4 is 11.1 Å². The van der Waals surface area contributed by atoms with Crippen molar-refractivity contribution in [3.05, 3.63) is 53.9 Å². The van der Waals surface area contributed by atoms with Gasteiger partial charge in [0.2, 0.25) is 0 Å². The predicted octanol–water partition coefficient (Wildman–Crippen LogP) is 3.61. The van der Waals surface area contributed by atoms with Crippen LogP contribution in [-0.2, 0) is 0 Å². The monoisotopic (exact) mass is 270 g/mol. The van der Waals surface area contributed by atoms with Crippen LogP contribution in [0.4, 0.5) is 17.1 Å². The van der Waals surface area contributed by atoms with E-state index >= 15 is 0 Å². The fourth-order valence-corrected chi connectivity index (χ4v) is 2.14. The van der Waals surface area contributed by atoms with Crippen molar-refractivity contribution in [1.29, 1.82) is 0 Å². The van der Waals surface area contributed by atoms with Crippen molar-refractivity contribution in [3.63, 3.8) is 0 Å². The molecule has 5 heteroatoms. The van der Waals surface area contributed by atoms with Gasteiger partial charge in [-0.2, -0.15) is 0 Å². The number of nitrogens with zero attached hydrogens (tertiary/aromatic N) is 2. The Balaban J connectivity index is 2.09. The normalized spacial score (nSPS) is 10.6. The minimum atomic E-state index is 0.608. The lowest BCUT2D eigenvalue weighted by molar-refractivity contribution is 1.32. The summed E-state index contributed by atoms with van der Waals surface area (Å²) in [4.78, 5) is 8.41. The third-order valence-electron chi connectivity index (χ3n) is 2.75. The molecule has 4 nitrogen and oxygen atoms in total. The number of halogens is 1. The molecule has 2 aromatic heterocycles. The molecule has 3 aromatic rings. The van der Waals surface area contributed by atoms with E-state index < -0.39 is 0 Å². The van der Waals surface area contributed by atoms with Crippen LogP contribution in [0.3, 0.4) is 0 Å². The van der Waals surface area contributed by atoms with Gasteiger partial charge < -0.3 is 11.1 Å². The van der Waals surface area contributed by atoms with E-state index in [0.29, 0.717) is 10.7 Å². The lowest BCUT2D eigenvalue weighted by atomic mass is 10.2. The van der Waals surface area contributed by atoms with Gasteiger partial charge in [-0.15, -0.1) is 0 Å². The summed E-state index contributed by atoms with van der Waals surface area (Å²) in [5, 5.41) is 4.84. The third-order valence-corrected chi connectivity index (χ3v) is 3.08. The van der Waals surface area contributed by atoms with E-state index in [4.69, 9.17) is 17.3 Å². The van der Waals surface area contributed by atoms with Crippen LogP contribution in [0.25, 0.3) is 10.9 Å². The Morgan fingerprint density at radius 1 is 1.16 bits per heavy atom. The second-order valence-corrected chi connectivity index (χ2v) is 4.53. The zero-order valence-corrected chi connectivity index (χ0v) is 10.7. The first-order chi connectivity index (χ1) is 9.24. The van der Waals surface area contributed by atoms with Gasteiger partial charge in [0.25, 0.3) is 0 Å². The van der Waals surface area contributed by atoms with Crippen LogP contribution >= 0.6 is 11.6 Å². The molecule has 3 N–H and O–H groups in total. The second-order valence-electron chi connectivity index (χ2n) is 4.13. The van der Waals surface area contributed by atoms with E-state index in [1.807, 2.05) is 30.3 Å². The van der Waals surface area contributed by atoms with Gasteiger partial charge in [0.1, 0.15) is 0 Å². The van der Waals surface area contributed by atoms with E-state index in [0.717, 1.165) is 22.3 Å². The molecule has 0 spiro atoms. The maximum absolute atomic E-state index is 6.16. The Bertz CT molecular complexity index is 742. The van der Waals surface area contributed by atoms with Gasteiger partial charge >= 0.3 is 0 Å². The van der Waals surface area contributed by atoms with Gasteiger partial charge in [-0.05, 0) is 30.3 Å². The molecule has 0 aliphatic rings. The first kappa shape index (κ1) is 11.7. The van der Waals surface area contributed by atoms with Gasteiger partial charge in [0.05, 0.1) is 33.8 Å². The highest BCUT2D eigenvalue weighted by Gasteiger charge is 2.06. The number of hydrogen-bond acceptors (Lipinski definition) is 4. The van der Waals surface area contributed by atoms with E-state index in [1.165, 1.54) is 0 Å². The molecule has 0 amide bonds. The molecule has 0 aliphatic heterocycles. The molecule has 0 fully saturated rings. The van der Waals surface area contributed by atoms with Gasteiger partial charge in [-0.1, -0.05) is 11.6 Å². The van der Waals surface area contributed by atoms with E-state index in [1.54, 1.807) is 18.6 Å². The maximum atomic E-state index is 6.16. The molecule has 2 heterocycles. The number of anilines is 3. The van der Waals surface area contributed by atoms with Crippen LogP contribution in [0.15, 0.2) is 48.9 Å². The van der Waals surface area contributed by atoms with E-state index in [9.17, 15) is 0 Å². The number of nitrogens with two attached hydrogens (primary N) is 1. The number of nitrogens with one attached hydrogen (secondary N) is 1. The molecule has 0 unspecified atom stereocenters. The van der Waals surface area contributed by atoms with Crippen molar-refractivity contribution >= 4 is 39.6 Å². The molecule has 0 aliphatic carbocycles. The number of fused-ring (bicyclic) bond motifs is 1. The van der Waals surface area contributed by atoms with Crippen LogP contribution in [0.1, 0.15) is 0 Å². The average Bonchev–Trinajstić information content (AvgIpc) is 2.42. The smallest absolute Gasteiger partial charge is 0.0951 e. The Morgan fingerprint density at radius 3 is 2.89 bits per heavy atom. The number of pyridine rings is 2. The van der Waals surface area contributed by atoms with E-state index in [-0.39, 0.29) is 0 Å². The summed E-state index contributed by atoms with van der Waals surface area (Å²) in [5.74, 6) is 0. The van der Waals surface area contributed by atoms with Crippen molar-refractivity contribution in [2.24, 2.45) is 0 Å². The van der Waals surface area contributed by atoms with Gasteiger partial charge in [0.15, 0.2) is 0 Å². The molecule has 3 rings (SSSR count). The molecule has 0 bridgehead atoms. The highest BCUT2D eigenvalue weighted by Crippen LogP contribution is 2.30. The number of aromatic nitrogens is 2. The highest BCUT2D eigenvalue weighted by atomic mass is 35.5. The summed E-state index contributed by atoms with van der Waals surface area (Å²) >= 11 is 6.16. The lowest BCUT2D eigenvalue weighted by Gasteiger charge is -2.10. The SMILES string of the molecule is Nc1cncc(Nc2ccc(Cl)c3cccnc23)c1. The number of rotatable bonds is 2. The lowest BCUT2D eigenvalue weighted by Crippen LogP contribution is -1.95. The molecule has 0 saturated carbocycles. The first-order valence-corrected chi connectivity index (χ1v) is 6.12. The average molecular weight is 271 g/mol. The zero-order valence-electron chi connectivity index (χ0n) is 9.97. The Kier molecular flexibility index (Phi) is 2.93. The van der Waals surface area contributed by atoms with Gasteiger partial charge in [-0.25, -0.2) is 0 Å². The number of hydrogen-bond donors (Lipinski definition) is 2. The van der Waals surface area contributed by atoms with Crippen molar-refractivity contribution in [1.82, 2.24) is 9.97 Å². The minimum absolute atomic E-state index is 0.608. The fourth-order valence-electron chi connectivity index (χ4n) is 1.92. The molecule has 0 saturated heterocycles. The fraction of sp³-hybridized carbons (Fsp3) is 0. The first-order valence-electron chi connectivity index (χ1n) is 5.75. The molecule has 0 atom stereocenters. The van der Waals surface area contributed by atoms with Crippen molar-refractivity contribution in [2.75, 3.05) is 11.1 Å². The van der Waals surface area contributed by atoms with Crippen LogP contribution in [0.5, 0.6) is 0 Å². The van der Waals surface area contributed by atoms with E-state index in [2.05, 4.69) is 15.3 Å². The van der Waals surface area contributed by atoms with Crippen molar-refractivity contribution in [2.45, 2.75) is 0 Å². The Morgan fingerprint density at radius 2 is 2.05 bits per heavy atom. The summed E-state index contributed by atoms with van der Waals surface area (Å²) in [6.45, 7) is 0. The standard InChI is InChI=1S/C14H11ClN4/c15-12-3-4-13(14-11(12)2-1-5-18-14)19-10-6-9(16)7-17-8-10/h1-8,19H,16H2. The third kappa shape index (κ3) is 2.30. The van der Waals surface area contributed by atoms with Crippen molar-refractivity contribution < 1.29 is 0 Å². The van der Waals surface area contributed by atoms with Crippen LogP contribution in [-0.4, -0.2) is 9.97 Å². The Labute approximate surface area is 115 Å². The number of benzene rings is 1. The highest BCUT2D eigenvalue weighted by molar-refractivity contribution is 6.35. The molecule has 0 radical (unpaired) electrons. The zero-order chi connectivity index (χ0) is 13.2. The summed E-state index contributed by atoms with van der Waals surface area (Å²) < 4.78 is 0. The summed E-state index contributed by atoms with van der Waals surface area (Å²) in [7, 11) is 0. The largest absolute Gasteiger partial charge is 0.397 e. The molecular formula is C14H11ClN4. The minimum Gasteiger partial charge on any atom is -0.397 e. The van der Waals surface area contributed by atoms with Crippen molar-refractivity contribution in [3.8, 4) is 0 Å². The molecular weight excluding hydrogens is 260 g/mol. The second kappa shape index (κ2) is 4.74. The molecule has 19 heavy (non-hydrogen) atoms. The topological polar surface area (TPSA) is 63.8 Å². The summed E-state index contributed by atoms with van der Waals surface area (Å²) in [5.41, 5.74) is 8.82. The number of nitrogen functional groups attached to an aromatic ring is 1. The Hall–Kier alpha value is -2.33. The summed E-state index contributed by atoms with van der Waals surface area (Å²) in [6, 6.07) is 9.35. The molecule has 1 aromatic carbocycles.